The van der Waals surface area contributed by atoms with Crippen LogP contribution in [0.3, 0.4) is 0 Å². The average molecular weight is 464 g/mol. The predicted molar refractivity (Wildman–Crippen MR) is 127 cm³/mol. The molecule has 2 aromatic carbocycles. The van der Waals surface area contributed by atoms with Gasteiger partial charge in [0.25, 0.3) is 0 Å². The fraction of sp³-hybridized carbons (Fsp3) is 0.464. The summed E-state index contributed by atoms with van der Waals surface area (Å²) in [5.74, 6) is -0.886. The van der Waals surface area contributed by atoms with E-state index in [0.29, 0.717) is 37.0 Å². The Kier molecular flexibility index (Phi) is 4.82. The normalized spacial score (nSPS) is 21.4. The fourth-order valence-electron chi connectivity index (χ4n) is 6.92. The predicted octanol–water partition coefficient (Wildman–Crippen LogP) is 5.96. The fourth-order valence-corrected chi connectivity index (χ4v) is 6.92. The van der Waals surface area contributed by atoms with Crippen LogP contribution in [0.25, 0.3) is 16.6 Å². The van der Waals surface area contributed by atoms with Gasteiger partial charge in [0.2, 0.25) is 0 Å². The van der Waals surface area contributed by atoms with Gasteiger partial charge in [-0.15, -0.1) is 0 Å². The van der Waals surface area contributed by atoms with Crippen LogP contribution in [0.1, 0.15) is 67.7 Å². The van der Waals surface area contributed by atoms with Gasteiger partial charge in [-0.2, -0.15) is 0 Å². The Hall–Kier alpha value is -2.86. The highest BCUT2D eigenvalue weighted by Gasteiger charge is 2.63. The lowest BCUT2D eigenvalue weighted by Crippen LogP contribution is -2.57. The number of hydrogen-bond donors (Lipinski definition) is 2. The molecule has 1 aromatic heterocycles. The number of ether oxygens (including phenoxy) is 1. The molecular formula is C28H30FNO4. The van der Waals surface area contributed by atoms with Gasteiger partial charge in [-0.25, -0.2) is 4.39 Å². The number of benzene rings is 2. The van der Waals surface area contributed by atoms with Gasteiger partial charge in [0.1, 0.15) is 11.6 Å². The number of fused-ring (bicyclic) bond motifs is 1. The average Bonchev–Trinajstić information content (AvgIpc) is 3.11. The van der Waals surface area contributed by atoms with Gasteiger partial charge in [0, 0.05) is 41.5 Å². The SMILES string of the molecule is Cc1cc(-n2c(C3CCOCC3)c(C3(C(=O)O)CC4(CCC4)C3)c3c(O)cccc32)ccc1F. The number of aromatic nitrogens is 1. The zero-order valence-electron chi connectivity index (χ0n) is 19.4. The van der Waals surface area contributed by atoms with Gasteiger partial charge in [-0.1, -0.05) is 12.5 Å². The van der Waals surface area contributed by atoms with Crippen molar-refractivity contribution in [1.82, 2.24) is 4.57 Å². The number of aliphatic carboxylic acids is 1. The van der Waals surface area contributed by atoms with Crippen LogP contribution in [-0.2, 0) is 14.9 Å². The van der Waals surface area contributed by atoms with Crippen molar-refractivity contribution < 1.29 is 24.1 Å². The highest BCUT2D eigenvalue weighted by Crippen LogP contribution is 2.67. The van der Waals surface area contributed by atoms with Crippen LogP contribution in [0.5, 0.6) is 5.75 Å². The first-order valence-electron chi connectivity index (χ1n) is 12.3. The molecule has 178 valence electrons. The van der Waals surface area contributed by atoms with E-state index in [9.17, 15) is 19.4 Å². The second-order valence-corrected chi connectivity index (χ2v) is 10.7. The highest BCUT2D eigenvalue weighted by atomic mass is 19.1. The number of carboxylic acids is 1. The monoisotopic (exact) mass is 463 g/mol. The van der Waals surface area contributed by atoms with Gasteiger partial charge in [-0.3, -0.25) is 4.79 Å². The van der Waals surface area contributed by atoms with Gasteiger partial charge in [0.15, 0.2) is 0 Å². The van der Waals surface area contributed by atoms with Gasteiger partial charge < -0.3 is 19.5 Å². The van der Waals surface area contributed by atoms with E-state index in [1.807, 2.05) is 12.1 Å². The summed E-state index contributed by atoms with van der Waals surface area (Å²) in [6.07, 6.45) is 6.11. The molecule has 0 amide bonds. The minimum absolute atomic E-state index is 0.0927. The number of rotatable bonds is 4. The summed E-state index contributed by atoms with van der Waals surface area (Å²) >= 11 is 0. The van der Waals surface area contributed by atoms with Crippen LogP contribution < -0.4 is 0 Å². The Bertz CT molecular complexity index is 1290. The second-order valence-electron chi connectivity index (χ2n) is 10.7. The van der Waals surface area contributed by atoms with Crippen molar-refractivity contribution in [3.63, 3.8) is 0 Å². The number of aryl methyl sites for hydroxylation is 1. The van der Waals surface area contributed by atoms with Crippen LogP contribution in [0.4, 0.5) is 4.39 Å². The maximum Gasteiger partial charge on any atom is 0.314 e. The van der Waals surface area contributed by atoms with E-state index in [2.05, 4.69) is 4.57 Å². The first-order chi connectivity index (χ1) is 16.4. The molecule has 2 aliphatic carbocycles. The molecule has 34 heavy (non-hydrogen) atoms. The lowest BCUT2D eigenvalue weighted by Gasteiger charge is -2.59. The Morgan fingerprint density at radius 2 is 1.88 bits per heavy atom. The Morgan fingerprint density at radius 1 is 1.15 bits per heavy atom. The van der Waals surface area contributed by atoms with E-state index >= 15 is 0 Å². The Labute approximate surface area is 198 Å². The number of nitrogens with zero attached hydrogens (tertiary/aromatic N) is 1. The first-order valence-corrected chi connectivity index (χ1v) is 12.3. The quantitative estimate of drug-likeness (QED) is 0.501. The molecule has 0 atom stereocenters. The molecule has 5 nitrogen and oxygen atoms in total. The topological polar surface area (TPSA) is 71.7 Å². The van der Waals surface area contributed by atoms with Crippen molar-refractivity contribution in [3.05, 3.63) is 59.0 Å². The molecule has 0 unspecified atom stereocenters. The van der Waals surface area contributed by atoms with E-state index in [-0.39, 0.29) is 22.9 Å². The number of phenolic OH excluding ortho intramolecular Hbond substituents is 1. The van der Waals surface area contributed by atoms with E-state index in [1.165, 1.54) is 6.07 Å². The minimum atomic E-state index is -1.02. The number of carboxylic acid groups (broad SMARTS) is 1. The molecule has 2 N–H and O–H groups in total. The van der Waals surface area contributed by atoms with E-state index in [0.717, 1.165) is 54.6 Å². The zero-order valence-corrected chi connectivity index (χ0v) is 19.4. The number of hydrogen-bond acceptors (Lipinski definition) is 3. The number of phenols is 1. The summed E-state index contributed by atoms with van der Waals surface area (Å²) in [5, 5.41) is 22.4. The van der Waals surface area contributed by atoms with Crippen LogP contribution >= 0.6 is 0 Å². The van der Waals surface area contributed by atoms with Crippen molar-refractivity contribution >= 4 is 16.9 Å². The van der Waals surface area contributed by atoms with Crippen LogP contribution in [0.15, 0.2) is 36.4 Å². The Morgan fingerprint density at radius 3 is 2.50 bits per heavy atom. The lowest BCUT2D eigenvalue weighted by molar-refractivity contribution is -0.160. The summed E-state index contributed by atoms with van der Waals surface area (Å²) < 4.78 is 21.9. The first kappa shape index (κ1) is 21.7. The van der Waals surface area contributed by atoms with Gasteiger partial charge in [0.05, 0.1) is 10.9 Å². The van der Waals surface area contributed by atoms with Crippen molar-refractivity contribution in [3.8, 4) is 11.4 Å². The summed E-state index contributed by atoms with van der Waals surface area (Å²) in [5.41, 5.74) is 2.91. The van der Waals surface area contributed by atoms with Crippen LogP contribution in [0.2, 0.25) is 0 Å². The van der Waals surface area contributed by atoms with E-state index in [1.54, 1.807) is 25.1 Å². The van der Waals surface area contributed by atoms with Crippen molar-refractivity contribution in [2.24, 2.45) is 5.41 Å². The summed E-state index contributed by atoms with van der Waals surface area (Å²) in [4.78, 5) is 13.0. The van der Waals surface area contributed by atoms with Crippen molar-refractivity contribution in [2.45, 2.75) is 63.2 Å². The second kappa shape index (κ2) is 7.57. The third-order valence-corrected chi connectivity index (χ3v) is 8.67. The molecule has 0 radical (unpaired) electrons. The third-order valence-electron chi connectivity index (χ3n) is 8.67. The van der Waals surface area contributed by atoms with Gasteiger partial charge >= 0.3 is 5.97 Å². The summed E-state index contributed by atoms with van der Waals surface area (Å²) in [6.45, 7) is 2.97. The standard InChI is InChI=1S/C28H30FNO4/c1-17-14-19(6-7-20(17)29)30-21-4-2-5-22(31)23(21)24(25(30)18-8-12-34-13-9-18)28(26(32)33)15-27(16-28)10-3-11-27/h2,4-7,14,18,31H,3,8-13,15-16H2,1H3,(H,32,33). The molecule has 3 aromatic rings. The molecule has 3 aliphatic rings. The number of carbonyl (C=O) groups is 1. The van der Waals surface area contributed by atoms with E-state index in [4.69, 9.17) is 4.74 Å². The molecule has 6 heteroatoms. The molecule has 0 bridgehead atoms. The molecule has 2 heterocycles. The number of aromatic hydroxyl groups is 1. The Balaban J connectivity index is 1.68. The third kappa shape index (κ3) is 2.97. The molecule has 1 spiro atoms. The maximum absolute atomic E-state index is 14.2. The molecule has 6 rings (SSSR count). The van der Waals surface area contributed by atoms with Crippen molar-refractivity contribution in [2.75, 3.05) is 13.2 Å². The molecule has 3 fully saturated rings. The summed E-state index contributed by atoms with van der Waals surface area (Å²) in [7, 11) is 0. The molecule has 2 saturated carbocycles. The maximum atomic E-state index is 14.2. The van der Waals surface area contributed by atoms with E-state index < -0.39 is 11.4 Å². The lowest BCUT2D eigenvalue weighted by atomic mass is 9.43. The smallest absolute Gasteiger partial charge is 0.314 e. The molecule has 1 saturated heterocycles. The zero-order chi connectivity index (χ0) is 23.7. The van der Waals surface area contributed by atoms with Crippen LogP contribution in [-0.4, -0.2) is 34.0 Å². The summed E-state index contributed by atoms with van der Waals surface area (Å²) in [6, 6.07) is 10.4. The minimum Gasteiger partial charge on any atom is -0.507 e. The molecule has 1 aliphatic heterocycles. The largest absolute Gasteiger partial charge is 0.507 e. The van der Waals surface area contributed by atoms with Crippen molar-refractivity contribution in [1.29, 1.82) is 0 Å². The molecular weight excluding hydrogens is 433 g/mol. The van der Waals surface area contributed by atoms with Gasteiger partial charge in [-0.05, 0) is 86.8 Å². The number of halogens is 1. The van der Waals surface area contributed by atoms with Crippen LogP contribution in [0, 0.1) is 18.2 Å². The highest BCUT2D eigenvalue weighted by molar-refractivity contribution is 5.99.